The van der Waals surface area contributed by atoms with Crippen molar-refractivity contribution in [3.05, 3.63) is 29.3 Å². The maximum Gasteiger partial charge on any atom is 0.169 e. The normalized spacial score (nSPS) is 12.4. The molecule has 0 heterocycles. The van der Waals surface area contributed by atoms with Gasteiger partial charge in [-0.05, 0) is 31.9 Å². The van der Waals surface area contributed by atoms with E-state index in [9.17, 15) is 9.90 Å². The Morgan fingerprint density at radius 3 is 2.65 bits per heavy atom. The van der Waals surface area contributed by atoms with Gasteiger partial charge in [-0.2, -0.15) is 0 Å². The van der Waals surface area contributed by atoms with Crippen LogP contribution in [0.5, 0.6) is 5.75 Å². The van der Waals surface area contributed by atoms with Gasteiger partial charge in [-0.25, -0.2) is 0 Å². The Kier molecular flexibility index (Phi) is 5.20. The van der Waals surface area contributed by atoms with E-state index < -0.39 is 0 Å². The number of carbonyl (C=O) groups is 1. The van der Waals surface area contributed by atoms with E-state index in [0.29, 0.717) is 5.56 Å². The fraction of sp³-hybridized carbons (Fsp3) is 0.533. The van der Waals surface area contributed by atoms with Gasteiger partial charge >= 0.3 is 0 Å². The molecule has 0 aromatic heterocycles. The van der Waals surface area contributed by atoms with Crippen molar-refractivity contribution < 1.29 is 9.90 Å². The number of ketones is 1. The molecule has 0 spiro atoms. The monoisotopic (exact) mass is 234 g/mol. The lowest BCUT2D eigenvalue weighted by atomic mass is 9.90. The Labute approximate surface area is 104 Å². The van der Waals surface area contributed by atoms with E-state index in [1.165, 1.54) is 0 Å². The van der Waals surface area contributed by atoms with Crippen LogP contribution in [0.25, 0.3) is 0 Å². The average molecular weight is 234 g/mol. The van der Waals surface area contributed by atoms with Gasteiger partial charge in [0, 0.05) is 5.92 Å². The van der Waals surface area contributed by atoms with Crippen molar-refractivity contribution in [3.8, 4) is 5.75 Å². The molecule has 1 atom stereocenters. The number of aromatic hydroxyl groups is 1. The highest BCUT2D eigenvalue weighted by Crippen LogP contribution is 2.25. The van der Waals surface area contributed by atoms with E-state index in [0.717, 1.165) is 31.2 Å². The Morgan fingerprint density at radius 1 is 1.35 bits per heavy atom. The smallest absolute Gasteiger partial charge is 0.169 e. The van der Waals surface area contributed by atoms with Crippen molar-refractivity contribution in [1.29, 1.82) is 0 Å². The number of benzene rings is 1. The van der Waals surface area contributed by atoms with Gasteiger partial charge in [0.1, 0.15) is 5.75 Å². The summed E-state index contributed by atoms with van der Waals surface area (Å²) < 4.78 is 0. The van der Waals surface area contributed by atoms with Crippen LogP contribution in [0.2, 0.25) is 0 Å². The average Bonchev–Trinajstić information content (AvgIpc) is 2.33. The highest BCUT2D eigenvalue weighted by Gasteiger charge is 2.20. The molecule has 0 saturated heterocycles. The standard InChI is InChI=1S/C15H22O2/c1-4-6-7-12(5-2)15(17)13-10-11(3)8-9-14(13)16/h8-10,12,16H,4-7H2,1-3H3/t12-/m1/s1. The number of aryl methyl sites for hydroxylation is 1. The lowest BCUT2D eigenvalue weighted by molar-refractivity contribution is 0.0905. The number of rotatable bonds is 6. The third kappa shape index (κ3) is 3.58. The Bertz CT molecular complexity index is 383. The van der Waals surface area contributed by atoms with Crippen LogP contribution in [0.15, 0.2) is 18.2 Å². The number of phenolic OH excluding ortho intramolecular Hbond substituents is 1. The molecule has 94 valence electrons. The van der Waals surface area contributed by atoms with Crippen molar-refractivity contribution >= 4 is 5.78 Å². The molecule has 1 aromatic rings. The summed E-state index contributed by atoms with van der Waals surface area (Å²) in [6, 6.07) is 5.21. The molecule has 0 unspecified atom stereocenters. The third-order valence-electron chi connectivity index (χ3n) is 3.19. The van der Waals surface area contributed by atoms with Crippen molar-refractivity contribution in [3.63, 3.8) is 0 Å². The zero-order valence-electron chi connectivity index (χ0n) is 11.0. The van der Waals surface area contributed by atoms with Crippen molar-refractivity contribution in [2.75, 3.05) is 0 Å². The Hall–Kier alpha value is -1.31. The zero-order valence-corrected chi connectivity index (χ0v) is 11.0. The van der Waals surface area contributed by atoms with Crippen LogP contribution >= 0.6 is 0 Å². The number of Topliss-reactive ketones (excluding diaryl/α,β-unsaturated/α-hetero) is 1. The van der Waals surface area contributed by atoms with Crippen LogP contribution in [0.3, 0.4) is 0 Å². The predicted molar refractivity (Wildman–Crippen MR) is 70.5 cm³/mol. The molecule has 1 N–H and O–H groups in total. The molecular weight excluding hydrogens is 212 g/mol. The van der Waals surface area contributed by atoms with E-state index in [4.69, 9.17) is 0 Å². The molecule has 2 heteroatoms. The van der Waals surface area contributed by atoms with Gasteiger partial charge in [-0.3, -0.25) is 4.79 Å². The van der Waals surface area contributed by atoms with Crippen molar-refractivity contribution in [2.24, 2.45) is 5.92 Å². The molecule has 0 bridgehead atoms. The van der Waals surface area contributed by atoms with Crippen LogP contribution in [-0.2, 0) is 0 Å². The summed E-state index contributed by atoms with van der Waals surface area (Å²) in [4.78, 5) is 12.3. The van der Waals surface area contributed by atoms with E-state index >= 15 is 0 Å². The van der Waals surface area contributed by atoms with Crippen LogP contribution in [0, 0.1) is 12.8 Å². The number of phenols is 1. The second-order valence-electron chi connectivity index (χ2n) is 4.63. The van der Waals surface area contributed by atoms with Crippen LogP contribution in [-0.4, -0.2) is 10.9 Å². The zero-order chi connectivity index (χ0) is 12.8. The summed E-state index contributed by atoms with van der Waals surface area (Å²) in [6.07, 6.45) is 3.92. The van der Waals surface area contributed by atoms with E-state index in [2.05, 4.69) is 6.92 Å². The summed E-state index contributed by atoms with van der Waals surface area (Å²) >= 11 is 0. The minimum atomic E-state index is 0.0441. The largest absolute Gasteiger partial charge is 0.507 e. The first-order valence-electron chi connectivity index (χ1n) is 6.44. The highest BCUT2D eigenvalue weighted by atomic mass is 16.3. The molecule has 0 aliphatic rings. The summed E-state index contributed by atoms with van der Waals surface area (Å²) in [5, 5.41) is 9.75. The molecule has 1 rings (SSSR count). The molecule has 0 aliphatic carbocycles. The van der Waals surface area contributed by atoms with Crippen LogP contribution in [0.4, 0.5) is 0 Å². The van der Waals surface area contributed by atoms with Gasteiger partial charge < -0.3 is 5.11 Å². The van der Waals surface area contributed by atoms with Gasteiger partial charge in [0.2, 0.25) is 0 Å². The molecule has 0 amide bonds. The minimum absolute atomic E-state index is 0.0441. The minimum Gasteiger partial charge on any atom is -0.507 e. The number of hydrogen-bond acceptors (Lipinski definition) is 2. The molecule has 1 aromatic carbocycles. The second-order valence-corrected chi connectivity index (χ2v) is 4.63. The summed E-state index contributed by atoms with van der Waals surface area (Å²) in [5.41, 5.74) is 1.49. The number of hydrogen-bond donors (Lipinski definition) is 1. The predicted octanol–water partition coefficient (Wildman–Crippen LogP) is 4.10. The lowest BCUT2D eigenvalue weighted by Crippen LogP contribution is -2.14. The lowest BCUT2D eigenvalue weighted by Gasteiger charge is -2.14. The number of unbranched alkanes of at least 4 members (excludes halogenated alkanes) is 1. The maximum absolute atomic E-state index is 12.3. The fourth-order valence-electron chi connectivity index (χ4n) is 2.04. The molecule has 0 aliphatic heterocycles. The molecule has 2 nitrogen and oxygen atoms in total. The summed E-state index contributed by atoms with van der Waals surface area (Å²) in [5.74, 6) is 0.236. The molecule has 0 radical (unpaired) electrons. The highest BCUT2D eigenvalue weighted by molar-refractivity contribution is 6.00. The van der Waals surface area contributed by atoms with Gasteiger partial charge in [0.05, 0.1) is 5.56 Å². The molecule has 17 heavy (non-hydrogen) atoms. The third-order valence-corrected chi connectivity index (χ3v) is 3.19. The second kappa shape index (κ2) is 6.43. The van der Waals surface area contributed by atoms with Gasteiger partial charge in [-0.15, -0.1) is 0 Å². The van der Waals surface area contributed by atoms with Crippen LogP contribution in [0.1, 0.15) is 55.5 Å². The summed E-state index contributed by atoms with van der Waals surface area (Å²) in [7, 11) is 0. The number of carbonyl (C=O) groups excluding carboxylic acids is 1. The van der Waals surface area contributed by atoms with Gasteiger partial charge in [-0.1, -0.05) is 38.3 Å². The quantitative estimate of drug-likeness (QED) is 0.752. The summed E-state index contributed by atoms with van der Waals surface area (Å²) in [6.45, 7) is 6.09. The van der Waals surface area contributed by atoms with Crippen molar-refractivity contribution in [1.82, 2.24) is 0 Å². The van der Waals surface area contributed by atoms with E-state index in [-0.39, 0.29) is 17.5 Å². The molecule has 0 fully saturated rings. The van der Waals surface area contributed by atoms with Gasteiger partial charge in [0.15, 0.2) is 5.78 Å². The Balaban J connectivity index is 2.89. The van der Waals surface area contributed by atoms with E-state index in [1.807, 2.05) is 19.9 Å². The fourth-order valence-corrected chi connectivity index (χ4v) is 2.04. The SMILES string of the molecule is CCCC[C@@H](CC)C(=O)c1cc(C)ccc1O. The first-order valence-corrected chi connectivity index (χ1v) is 6.44. The van der Waals surface area contributed by atoms with Gasteiger partial charge in [0.25, 0.3) is 0 Å². The Morgan fingerprint density at radius 2 is 2.06 bits per heavy atom. The van der Waals surface area contributed by atoms with E-state index in [1.54, 1.807) is 12.1 Å². The van der Waals surface area contributed by atoms with Crippen LogP contribution < -0.4 is 0 Å². The molecular formula is C15H22O2. The topological polar surface area (TPSA) is 37.3 Å². The molecule has 0 saturated carbocycles. The first-order chi connectivity index (χ1) is 8.10. The van der Waals surface area contributed by atoms with Crippen molar-refractivity contribution in [2.45, 2.75) is 46.5 Å². The maximum atomic E-state index is 12.3. The first kappa shape index (κ1) is 13.8.